The summed E-state index contributed by atoms with van der Waals surface area (Å²) in [6.45, 7) is 2.64. The van der Waals surface area contributed by atoms with Crippen molar-refractivity contribution in [3.63, 3.8) is 0 Å². The van der Waals surface area contributed by atoms with E-state index in [1.54, 1.807) is 12.1 Å². The maximum absolute atomic E-state index is 13.3. The summed E-state index contributed by atoms with van der Waals surface area (Å²) < 4.78 is 6.35. The van der Waals surface area contributed by atoms with Crippen LogP contribution in [0.4, 0.5) is 5.69 Å². The second-order valence-corrected chi connectivity index (χ2v) is 10.2. The predicted octanol–water partition coefficient (Wildman–Crippen LogP) is 3.85. The largest absolute Gasteiger partial charge is 0.456 e. The van der Waals surface area contributed by atoms with Gasteiger partial charge in [-0.3, -0.25) is 4.79 Å². The van der Waals surface area contributed by atoms with Gasteiger partial charge < -0.3 is 19.9 Å². The highest BCUT2D eigenvalue weighted by molar-refractivity contribution is 5.91. The molecule has 0 aliphatic carbocycles. The maximum Gasteiger partial charge on any atom is 0.338 e. The molecule has 36 heavy (non-hydrogen) atoms. The average molecular weight is 487 g/mol. The number of amides is 1. The first kappa shape index (κ1) is 25.5. The molecule has 1 fully saturated rings. The van der Waals surface area contributed by atoms with E-state index in [1.165, 1.54) is 0 Å². The zero-order chi connectivity index (χ0) is 25.8. The number of ether oxygens (including phenoxy) is 1. The molecular weight excluding hydrogens is 450 g/mol. The molecule has 1 heterocycles. The molecule has 1 amide bonds. The summed E-state index contributed by atoms with van der Waals surface area (Å²) in [6.07, 6.45) is 0.850. The van der Waals surface area contributed by atoms with Gasteiger partial charge in [0.05, 0.1) is 25.7 Å². The molecular formula is C30H36N3O3+. The molecule has 2 N–H and O–H groups in total. The van der Waals surface area contributed by atoms with Gasteiger partial charge in [0.1, 0.15) is 18.6 Å². The van der Waals surface area contributed by atoms with Crippen LogP contribution in [0.5, 0.6) is 0 Å². The third-order valence-corrected chi connectivity index (χ3v) is 7.62. The minimum atomic E-state index is -0.913. The third-order valence-electron chi connectivity index (χ3n) is 7.62. The van der Waals surface area contributed by atoms with Crippen LogP contribution in [0.3, 0.4) is 0 Å². The standard InChI is InChI=1S/C30H35N3O3/c1-32(2)27-16-14-23(15-17-27)28(34)36-21-20-33(3)19-18-26(22-33)30(29(31)35,24-10-6-4-7-11-24)25-12-8-5-9-13-25/h4-17,26H,18-22H2,1-3H3,(H-,31,35)/p+1/t26-,33?/m1/s1. The Morgan fingerprint density at radius 2 is 1.50 bits per heavy atom. The molecule has 0 aromatic heterocycles. The average Bonchev–Trinajstić information content (AvgIpc) is 3.27. The fraction of sp³-hybridized carbons (Fsp3) is 0.333. The zero-order valence-electron chi connectivity index (χ0n) is 21.4. The molecule has 2 atom stereocenters. The fourth-order valence-electron chi connectivity index (χ4n) is 5.60. The summed E-state index contributed by atoms with van der Waals surface area (Å²) in [6, 6.07) is 27.2. The summed E-state index contributed by atoms with van der Waals surface area (Å²) in [5, 5.41) is 0. The number of benzene rings is 3. The van der Waals surface area contributed by atoms with Gasteiger partial charge in [-0.25, -0.2) is 4.79 Å². The fourth-order valence-corrected chi connectivity index (χ4v) is 5.60. The number of carbonyl (C=O) groups excluding carboxylic acids is 2. The normalized spacial score (nSPS) is 19.6. The predicted molar refractivity (Wildman–Crippen MR) is 143 cm³/mol. The van der Waals surface area contributed by atoms with Crippen LogP contribution in [-0.2, 0) is 14.9 Å². The topological polar surface area (TPSA) is 72.6 Å². The van der Waals surface area contributed by atoms with Gasteiger partial charge in [-0.1, -0.05) is 60.7 Å². The van der Waals surface area contributed by atoms with Crippen LogP contribution in [0.15, 0.2) is 84.9 Å². The third kappa shape index (κ3) is 5.00. The Morgan fingerprint density at radius 3 is 2.00 bits per heavy atom. The molecule has 1 aliphatic heterocycles. The van der Waals surface area contributed by atoms with Crippen molar-refractivity contribution >= 4 is 17.6 Å². The molecule has 0 spiro atoms. The van der Waals surface area contributed by atoms with Crippen LogP contribution in [0.2, 0.25) is 0 Å². The number of likely N-dealkylation sites (N-methyl/N-ethyl adjacent to an activating group) is 1. The minimum absolute atomic E-state index is 0.0269. The van der Waals surface area contributed by atoms with Gasteiger partial charge in [0.2, 0.25) is 5.91 Å². The number of nitrogens with zero attached hydrogens (tertiary/aromatic N) is 2. The van der Waals surface area contributed by atoms with Gasteiger partial charge in [0, 0.05) is 32.1 Å². The van der Waals surface area contributed by atoms with Crippen LogP contribution >= 0.6 is 0 Å². The highest BCUT2D eigenvalue weighted by Crippen LogP contribution is 2.44. The lowest BCUT2D eigenvalue weighted by molar-refractivity contribution is -0.899. The Morgan fingerprint density at radius 1 is 0.944 bits per heavy atom. The number of anilines is 1. The molecule has 1 unspecified atom stereocenters. The summed E-state index contributed by atoms with van der Waals surface area (Å²) in [5.41, 5.74) is 8.73. The van der Waals surface area contributed by atoms with E-state index in [4.69, 9.17) is 10.5 Å². The van der Waals surface area contributed by atoms with Crippen molar-refractivity contribution in [3.8, 4) is 0 Å². The van der Waals surface area contributed by atoms with E-state index in [-0.39, 0.29) is 17.8 Å². The van der Waals surface area contributed by atoms with Crippen molar-refractivity contribution in [1.29, 1.82) is 0 Å². The Kier molecular flexibility index (Phi) is 7.45. The molecule has 0 bridgehead atoms. The van der Waals surface area contributed by atoms with Gasteiger partial charge in [0.15, 0.2) is 0 Å². The van der Waals surface area contributed by atoms with E-state index >= 15 is 0 Å². The second-order valence-electron chi connectivity index (χ2n) is 10.2. The van der Waals surface area contributed by atoms with E-state index in [2.05, 4.69) is 7.05 Å². The highest BCUT2D eigenvalue weighted by atomic mass is 16.5. The Bertz CT molecular complexity index is 1140. The summed E-state index contributed by atoms with van der Waals surface area (Å²) >= 11 is 0. The lowest BCUT2D eigenvalue weighted by Gasteiger charge is -2.38. The first-order chi connectivity index (χ1) is 17.3. The van der Waals surface area contributed by atoms with Crippen LogP contribution in [0.1, 0.15) is 27.9 Å². The number of rotatable bonds is 9. The minimum Gasteiger partial charge on any atom is -0.456 e. The molecule has 6 nitrogen and oxygen atoms in total. The Labute approximate surface area is 213 Å². The Balaban J connectivity index is 1.49. The van der Waals surface area contributed by atoms with Crippen LogP contribution < -0.4 is 10.6 Å². The lowest BCUT2D eigenvalue weighted by Crippen LogP contribution is -2.51. The maximum atomic E-state index is 13.3. The van der Waals surface area contributed by atoms with E-state index in [0.717, 1.165) is 36.3 Å². The van der Waals surface area contributed by atoms with Gasteiger partial charge in [-0.15, -0.1) is 0 Å². The second kappa shape index (κ2) is 10.5. The highest BCUT2D eigenvalue weighted by Gasteiger charge is 2.53. The smallest absolute Gasteiger partial charge is 0.338 e. The summed E-state index contributed by atoms with van der Waals surface area (Å²) in [4.78, 5) is 27.9. The first-order valence-electron chi connectivity index (χ1n) is 12.5. The zero-order valence-corrected chi connectivity index (χ0v) is 21.4. The number of esters is 1. The van der Waals surface area contributed by atoms with Crippen LogP contribution in [0, 0.1) is 5.92 Å². The van der Waals surface area contributed by atoms with E-state index in [0.29, 0.717) is 23.2 Å². The van der Waals surface area contributed by atoms with Crippen molar-refractivity contribution < 1.29 is 18.8 Å². The molecule has 0 radical (unpaired) electrons. The number of primary amides is 1. The molecule has 6 heteroatoms. The van der Waals surface area contributed by atoms with Gasteiger partial charge in [-0.2, -0.15) is 0 Å². The van der Waals surface area contributed by atoms with Crippen molar-refractivity contribution in [1.82, 2.24) is 0 Å². The summed E-state index contributed by atoms with van der Waals surface area (Å²) in [7, 11) is 6.09. The quantitative estimate of drug-likeness (QED) is 0.368. The number of nitrogens with two attached hydrogens (primary N) is 1. The van der Waals surface area contributed by atoms with Crippen LogP contribution in [-0.4, -0.2) is 63.7 Å². The monoisotopic (exact) mass is 486 g/mol. The Hall–Kier alpha value is -3.64. The van der Waals surface area contributed by atoms with E-state index < -0.39 is 5.41 Å². The lowest BCUT2D eigenvalue weighted by atomic mass is 9.64. The van der Waals surface area contributed by atoms with Crippen molar-refractivity contribution in [2.24, 2.45) is 11.7 Å². The van der Waals surface area contributed by atoms with Crippen molar-refractivity contribution in [2.45, 2.75) is 11.8 Å². The molecule has 3 aromatic carbocycles. The molecule has 188 valence electrons. The van der Waals surface area contributed by atoms with Crippen LogP contribution in [0.25, 0.3) is 0 Å². The summed E-state index contributed by atoms with van der Waals surface area (Å²) in [5.74, 6) is -0.618. The van der Waals surface area contributed by atoms with Crippen molar-refractivity contribution in [2.75, 3.05) is 52.3 Å². The van der Waals surface area contributed by atoms with E-state index in [1.807, 2.05) is 91.8 Å². The van der Waals surface area contributed by atoms with Gasteiger partial charge >= 0.3 is 5.97 Å². The molecule has 3 aromatic rings. The number of hydrogen-bond acceptors (Lipinski definition) is 4. The van der Waals surface area contributed by atoms with Crippen molar-refractivity contribution in [3.05, 3.63) is 102 Å². The SMILES string of the molecule is CN(C)c1ccc(C(=O)OCC[N+]2(C)CC[C@@H](C(C(N)=O)(c3ccccc3)c3ccccc3)C2)cc1. The molecule has 1 saturated heterocycles. The van der Waals surface area contributed by atoms with E-state index in [9.17, 15) is 9.59 Å². The molecule has 4 rings (SSSR count). The molecule has 0 saturated carbocycles. The number of likely N-dealkylation sites (tertiary alicyclic amines) is 1. The number of hydrogen-bond donors (Lipinski definition) is 1. The number of carbonyl (C=O) groups is 2. The number of quaternary nitrogens is 1. The molecule has 1 aliphatic rings. The van der Waals surface area contributed by atoms with Gasteiger partial charge in [-0.05, 0) is 35.4 Å². The van der Waals surface area contributed by atoms with Gasteiger partial charge in [0.25, 0.3) is 0 Å². The first-order valence-corrected chi connectivity index (χ1v) is 12.5.